The number of rotatable bonds is 6. The largest absolute Gasteiger partial charge is 0.493 e. The van der Waals surface area contributed by atoms with E-state index in [1.54, 1.807) is 28.4 Å². The second-order valence-electron chi connectivity index (χ2n) is 7.33. The zero-order chi connectivity index (χ0) is 21.4. The predicted octanol–water partition coefficient (Wildman–Crippen LogP) is 3.63. The van der Waals surface area contributed by atoms with E-state index in [-0.39, 0.29) is 11.9 Å². The highest BCUT2D eigenvalue weighted by Crippen LogP contribution is 2.39. The number of aromatic nitrogens is 1. The Balaban J connectivity index is 1.64. The molecule has 0 unspecified atom stereocenters. The maximum absolute atomic E-state index is 13.1. The lowest BCUT2D eigenvalue weighted by Gasteiger charge is -2.16. The van der Waals surface area contributed by atoms with Gasteiger partial charge >= 0.3 is 0 Å². The molecule has 0 saturated carbocycles. The van der Waals surface area contributed by atoms with Crippen LogP contribution in [0, 0.1) is 0 Å². The summed E-state index contributed by atoms with van der Waals surface area (Å²) in [4.78, 5) is 13.1. The lowest BCUT2D eigenvalue weighted by Crippen LogP contribution is -2.28. The number of benzene rings is 2. The van der Waals surface area contributed by atoms with Crippen LogP contribution in [0.25, 0.3) is 10.9 Å². The molecule has 1 heterocycles. The molecule has 158 valence electrons. The van der Waals surface area contributed by atoms with Crippen molar-refractivity contribution in [2.24, 2.45) is 7.05 Å². The van der Waals surface area contributed by atoms with Crippen molar-refractivity contribution in [3.63, 3.8) is 0 Å². The fourth-order valence-corrected chi connectivity index (χ4v) is 4.20. The van der Waals surface area contributed by atoms with Gasteiger partial charge in [-0.1, -0.05) is 0 Å². The number of carbonyl (C=O) groups excluding carboxylic acids is 1. The van der Waals surface area contributed by atoms with Crippen LogP contribution >= 0.6 is 0 Å². The molecule has 4 rings (SSSR count). The van der Waals surface area contributed by atoms with Gasteiger partial charge in [0.2, 0.25) is 0 Å². The summed E-state index contributed by atoms with van der Waals surface area (Å²) in [5.41, 5.74) is 3.72. The van der Waals surface area contributed by atoms with E-state index in [9.17, 15) is 4.79 Å². The minimum Gasteiger partial charge on any atom is -0.493 e. The molecule has 0 bridgehead atoms. The molecule has 0 aliphatic heterocycles. The molecule has 1 aliphatic rings. The summed E-state index contributed by atoms with van der Waals surface area (Å²) in [6.45, 7) is 0. The van der Waals surface area contributed by atoms with Crippen LogP contribution in [-0.2, 0) is 13.5 Å². The first-order valence-corrected chi connectivity index (χ1v) is 9.77. The normalized spacial score (nSPS) is 15.0. The second-order valence-corrected chi connectivity index (χ2v) is 7.33. The molecule has 3 aromatic rings. The van der Waals surface area contributed by atoms with Gasteiger partial charge < -0.3 is 28.8 Å². The van der Waals surface area contributed by atoms with Gasteiger partial charge in [0.1, 0.15) is 5.69 Å². The highest BCUT2D eigenvalue weighted by molar-refractivity contribution is 5.99. The summed E-state index contributed by atoms with van der Waals surface area (Å²) in [5, 5.41) is 4.10. The number of aryl methyl sites for hydroxylation is 2. The van der Waals surface area contributed by atoms with Gasteiger partial charge in [-0.05, 0) is 48.2 Å². The lowest BCUT2D eigenvalue weighted by molar-refractivity contribution is 0.0929. The van der Waals surface area contributed by atoms with Crippen LogP contribution in [-0.4, -0.2) is 38.9 Å². The smallest absolute Gasteiger partial charge is 0.268 e. The average Bonchev–Trinajstić information content (AvgIpc) is 3.31. The monoisotopic (exact) mass is 410 g/mol. The highest BCUT2D eigenvalue weighted by Gasteiger charge is 2.27. The van der Waals surface area contributed by atoms with E-state index in [0.717, 1.165) is 29.3 Å². The van der Waals surface area contributed by atoms with E-state index in [1.165, 1.54) is 5.56 Å². The quantitative estimate of drug-likeness (QED) is 0.672. The molecule has 0 spiro atoms. The van der Waals surface area contributed by atoms with Crippen molar-refractivity contribution in [3.05, 3.63) is 47.2 Å². The topological polar surface area (TPSA) is 71.0 Å². The average molecular weight is 410 g/mol. The molecule has 7 heteroatoms. The van der Waals surface area contributed by atoms with E-state index >= 15 is 0 Å². The van der Waals surface area contributed by atoms with Crippen LogP contribution in [0.5, 0.6) is 23.0 Å². The Morgan fingerprint density at radius 2 is 1.50 bits per heavy atom. The zero-order valence-electron chi connectivity index (χ0n) is 17.9. The first-order chi connectivity index (χ1) is 14.5. The number of hydrogen-bond donors (Lipinski definition) is 1. The van der Waals surface area contributed by atoms with Gasteiger partial charge in [-0.3, -0.25) is 4.79 Å². The number of carbonyl (C=O) groups is 1. The van der Waals surface area contributed by atoms with E-state index in [0.29, 0.717) is 28.7 Å². The van der Waals surface area contributed by atoms with Gasteiger partial charge in [0, 0.05) is 18.5 Å². The third-order valence-electron chi connectivity index (χ3n) is 5.81. The number of ether oxygens (including phenoxy) is 4. The zero-order valence-corrected chi connectivity index (χ0v) is 17.9. The Morgan fingerprint density at radius 3 is 2.17 bits per heavy atom. The molecule has 7 nitrogen and oxygen atoms in total. The van der Waals surface area contributed by atoms with Crippen LogP contribution < -0.4 is 24.3 Å². The van der Waals surface area contributed by atoms with E-state index < -0.39 is 0 Å². The molecular weight excluding hydrogens is 384 g/mol. The summed E-state index contributed by atoms with van der Waals surface area (Å²) in [7, 11) is 8.31. The molecule has 1 atom stereocenters. The summed E-state index contributed by atoms with van der Waals surface area (Å²) >= 11 is 0. The maximum Gasteiger partial charge on any atom is 0.268 e. The van der Waals surface area contributed by atoms with E-state index in [2.05, 4.69) is 5.32 Å². The molecule has 0 saturated heterocycles. The molecule has 1 aliphatic carbocycles. The Hall–Kier alpha value is -3.35. The molecule has 2 aromatic carbocycles. The minimum absolute atomic E-state index is 0.0746. The second kappa shape index (κ2) is 7.82. The van der Waals surface area contributed by atoms with Crippen LogP contribution in [0.2, 0.25) is 0 Å². The Bertz CT molecular complexity index is 1120. The summed E-state index contributed by atoms with van der Waals surface area (Å²) in [5.74, 6) is 2.51. The minimum atomic E-state index is -0.126. The van der Waals surface area contributed by atoms with Gasteiger partial charge in [-0.15, -0.1) is 0 Å². The number of hydrogen-bond acceptors (Lipinski definition) is 5. The molecule has 30 heavy (non-hydrogen) atoms. The number of methoxy groups -OCH3 is 4. The highest BCUT2D eigenvalue weighted by atomic mass is 16.5. The first-order valence-electron chi connectivity index (χ1n) is 9.77. The van der Waals surface area contributed by atoms with Gasteiger partial charge in [0.15, 0.2) is 23.0 Å². The molecule has 1 amide bonds. The summed E-state index contributed by atoms with van der Waals surface area (Å²) in [6.07, 6.45) is 1.72. The fraction of sp³-hybridized carbons (Fsp3) is 0.348. The SMILES string of the molecule is COc1cc2c(cc1OC)[C@@H](NC(=O)c1cc3cc(OC)c(OC)cc3n1C)CC2. The third-order valence-corrected chi connectivity index (χ3v) is 5.81. The van der Waals surface area contributed by atoms with Crippen molar-refractivity contribution in [3.8, 4) is 23.0 Å². The van der Waals surface area contributed by atoms with Gasteiger partial charge in [-0.25, -0.2) is 0 Å². The van der Waals surface area contributed by atoms with Crippen molar-refractivity contribution in [2.45, 2.75) is 18.9 Å². The Morgan fingerprint density at radius 1 is 0.900 bits per heavy atom. The molecule has 0 fully saturated rings. The van der Waals surface area contributed by atoms with E-state index in [4.69, 9.17) is 18.9 Å². The Kier molecular flexibility index (Phi) is 5.20. The van der Waals surface area contributed by atoms with Crippen molar-refractivity contribution in [1.29, 1.82) is 0 Å². The molecule has 1 N–H and O–H groups in total. The Labute approximate surface area is 175 Å². The van der Waals surface area contributed by atoms with Crippen molar-refractivity contribution >= 4 is 16.8 Å². The lowest BCUT2D eigenvalue weighted by atomic mass is 10.1. The van der Waals surface area contributed by atoms with Crippen molar-refractivity contribution in [1.82, 2.24) is 9.88 Å². The number of amides is 1. The fourth-order valence-electron chi connectivity index (χ4n) is 4.20. The number of nitrogens with one attached hydrogen (secondary N) is 1. The summed E-state index contributed by atoms with van der Waals surface area (Å²) in [6, 6.07) is 9.52. The van der Waals surface area contributed by atoms with E-state index in [1.807, 2.05) is 41.9 Å². The van der Waals surface area contributed by atoms with Crippen LogP contribution in [0.15, 0.2) is 30.3 Å². The summed E-state index contributed by atoms with van der Waals surface area (Å²) < 4.78 is 23.5. The first kappa shape index (κ1) is 19.9. The number of nitrogens with zero attached hydrogens (tertiary/aromatic N) is 1. The molecular formula is C23H26N2O5. The van der Waals surface area contributed by atoms with Crippen molar-refractivity contribution in [2.75, 3.05) is 28.4 Å². The van der Waals surface area contributed by atoms with Gasteiger partial charge in [0.05, 0.1) is 40.0 Å². The predicted molar refractivity (Wildman–Crippen MR) is 114 cm³/mol. The third kappa shape index (κ3) is 3.20. The van der Waals surface area contributed by atoms with Crippen LogP contribution in [0.1, 0.15) is 34.1 Å². The van der Waals surface area contributed by atoms with Gasteiger partial charge in [0.25, 0.3) is 5.91 Å². The molecule has 0 radical (unpaired) electrons. The van der Waals surface area contributed by atoms with Crippen LogP contribution in [0.4, 0.5) is 0 Å². The van der Waals surface area contributed by atoms with Crippen LogP contribution in [0.3, 0.4) is 0 Å². The van der Waals surface area contributed by atoms with Gasteiger partial charge in [-0.2, -0.15) is 0 Å². The standard InChI is InChI=1S/C23H26N2O5/c1-25-17-12-22(30-5)20(28-3)10-14(17)8-18(25)23(26)24-16-7-6-13-9-19(27-2)21(29-4)11-15(13)16/h8-12,16H,6-7H2,1-5H3,(H,24,26)/t16-/m0/s1. The maximum atomic E-state index is 13.1. The molecule has 1 aromatic heterocycles. The number of fused-ring (bicyclic) bond motifs is 2. The van der Waals surface area contributed by atoms with Crippen molar-refractivity contribution < 1.29 is 23.7 Å².